The maximum absolute atomic E-state index is 12.6. The Balaban J connectivity index is 1.53. The molecule has 0 radical (unpaired) electrons. The summed E-state index contributed by atoms with van der Waals surface area (Å²) in [6.45, 7) is 2.67. The minimum atomic E-state index is -0.0889. The van der Waals surface area contributed by atoms with E-state index in [0.29, 0.717) is 17.2 Å². The zero-order chi connectivity index (χ0) is 20.2. The highest BCUT2D eigenvalue weighted by molar-refractivity contribution is 7.71. The standard InChI is InChI=1S/C22H27N5OS/c1-17-9-11-18(12-10-17)15-23-20(28)16-26-22(29)27(25-13-5-6-14-25)21(24-26)19-7-3-2-4-8-19/h5-6,9-14,19H,2-4,7-8,15-16H2,1H3,(H,23,28). The summed E-state index contributed by atoms with van der Waals surface area (Å²) in [4.78, 5) is 12.6. The largest absolute Gasteiger partial charge is 0.350 e. The average Bonchev–Trinajstić information content (AvgIpc) is 3.37. The van der Waals surface area contributed by atoms with Crippen LogP contribution in [0.4, 0.5) is 0 Å². The van der Waals surface area contributed by atoms with Crippen molar-refractivity contribution in [2.75, 3.05) is 0 Å². The Hall–Kier alpha value is -2.67. The first-order chi connectivity index (χ1) is 14.1. The highest BCUT2D eigenvalue weighted by Gasteiger charge is 2.24. The molecule has 0 spiro atoms. The molecule has 3 aromatic rings. The molecule has 2 aromatic heterocycles. The number of aromatic nitrogens is 4. The maximum atomic E-state index is 12.6. The number of hydrogen-bond acceptors (Lipinski definition) is 3. The van der Waals surface area contributed by atoms with Gasteiger partial charge in [0.1, 0.15) is 6.54 Å². The van der Waals surface area contributed by atoms with Gasteiger partial charge in [-0.1, -0.05) is 49.1 Å². The molecule has 0 unspecified atom stereocenters. The molecule has 0 saturated heterocycles. The Morgan fingerprint density at radius 1 is 1.14 bits per heavy atom. The molecule has 1 saturated carbocycles. The first kappa shape index (κ1) is 19.6. The number of hydrogen-bond donors (Lipinski definition) is 1. The number of rotatable bonds is 6. The highest BCUT2D eigenvalue weighted by Crippen LogP contribution is 2.32. The molecule has 1 aromatic carbocycles. The number of carbonyl (C=O) groups excluding carboxylic acids is 1. The van der Waals surface area contributed by atoms with Gasteiger partial charge >= 0.3 is 0 Å². The van der Waals surface area contributed by atoms with E-state index >= 15 is 0 Å². The van der Waals surface area contributed by atoms with E-state index < -0.39 is 0 Å². The third-order valence-corrected chi connectivity index (χ3v) is 5.92. The average molecular weight is 410 g/mol. The molecule has 6 nitrogen and oxygen atoms in total. The second kappa shape index (κ2) is 8.78. The van der Waals surface area contributed by atoms with Crippen molar-refractivity contribution < 1.29 is 4.79 Å². The van der Waals surface area contributed by atoms with E-state index in [-0.39, 0.29) is 12.5 Å². The van der Waals surface area contributed by atoms with Crippen LogP contribution in [0.5, 0.6) is 0 Å². The van der Waals surface area contributed by atoms with Gasteiger partial charge in [0.15, 0.2) is 5.82 Å². The summed E-state index contributed by atoms with van der Waals surface area (Å²) < 4.78 is 6.13. The van der Waals surface area contributed by atoms with Gasteiger partial charge in [0.05, 0.1) is 0 Å². The maximum Gasteiger partial charge on any atom is 0.242 e. The summed E-state index contributed by atoms with van der Waals surface area (Å²) >= 11 is 5.70. The molecule has 0 atom stereocenters. The second-order valence-corrected chi connectivity index (χ2v) is 8.14. The quantitative estimate of drug-likeness (QED) is 0.621. The number of benzene rings is 1. The smallest absolute Gasteiger partial charge is 0.242 e. The number of amides is 1. The SMILES string of the molecule is Cc1ccc(CNC(=O)Cn2nc(C3CCCCC3)n(-n3cccc3)c2=S)cc1. The summed E-state index contributed by atoms with van der Waals surface area (Å²) in [6, 6.07) is 12.1. The van der Waals surface area contributed by atoms with Crippen molar-refractivity contribution in [3.63, 3.8) is 0 Å². The fourth-order valence-electron chi connectivity index (χ4n) is 3.91. The Kier molecular flexibility index (Phi) is 5.94. The Morgan fingerprint density at radius 3 is 2.52 bits per heavy atom. The van der Waals surface area contributed by atoms with Gasteiger partial charge in [-0.2, -0.15) is 5.10 Å². The number of aryl methyl sites for hydroxylation is 1. The van der Waals surface area contributed by atoms with E-state index in [1.165, 1.54) is 24.8 Å². The highest BCUT2D eigenvalue weighted by atomic mass is 32.1. The van der Waals surface area contributed by atoms with Crippen LogP contribution in [-0.4, -0.2) is 25.0 Å². The predicted molar refractivity (Wildman–Crippen MR) is 115 cm³/mol. The van der Waals surface area contributed by atoms with Crippen molar-refractivity contribution in [2.45, 2.75) is 58.0 Å². The topological polar surface area (TPSA) is 56.8 Å². The van der Waals surface area contributed by atoms with E-state index in [2.05, 4.69) is 12.2 Å². The molecule has 1 aliphatic carbocycles. The lowest BCUT2D eigenvalue weighted by Crippen LogP contribution is -2.27. The van der Waals surface area contributed by atoms with Crippen LogP contribution in [0.25, 0.3) is 0 Å². The monoisotopic (exact) mass is 409 g/mol. The van der Waals surface area contributed by atoms with Gasteiger partial charge in [-0.25, -0.2) is 9.36 Å². The van der Waals surface area contributed by atoms with E-state index in [9.17, 15) is 4.79 Å². The molecule has 152 valence electrons. The fraction of sp³-hybridized carbons (Fsp3) is 0.409. The molecule has 0 bridgehead atoms. The summed E-state index contributed by atoms with van der Waals surface area (Å²) in [5.74, 6) is 1.25. The van der Waals surface area contributed by atoms with Crippen LogP contribution < -0.4 is 5.32 Å². The molecule has 2 heterocycles. The minimum absolute atomic E-state index is 0.0889. The summed E-state index contributed by atoms with van der Waals surface area (Å²) in [5.41, 5.74) is 2.28. The lowest BCUT2D eigenvalue weighted by atomic mass is 9.89. The van der Waals surface area contributed by atoms with Gasteiger partial charge in [-0.05, 0) is 49.7 Å². The first-order valence-electron chi connectivity index (χ1n) is 10.3. The van der Waals surface area contributed by atoms with Gasteiger partial charge in [-0.3, -0.25) is 9.47 Å². The summed E-state index contributed by atoms with van der Waals surface area (Å²) in [7, 11) is 0. The third kappa shape index (κ3) is 4.50. The van der Waals surface area contributed by atoms with Crippen LogP contribution in [0.3, 0.4) is 0 Å². The van der Waals surface area contributed by atoms with Gasteiger partial charge < -0.3 is 5.32 Å². The van der Waals surface area contributed by atoms with Crippen molar-refractivity contribution >= 4 is 18.1 Å². The minimum Gasteiger partial charge on any atom is -0.350 e. The van der Waals surface area contributed by atoms with Crippen LogP contribution in [0.2, 0.25) is 0 Å². The fourth-order valence-corrected chi connectivity index (χ4v) is 4.20. The van der Waals surface area contributed by atoms with Crippen LogP contribution >= 0.6 is 12.2 Å². The Labute approximate surface area is 176 Å². The molecule has 0 aliphatic heterocycles. The van der Waals surface area contributed by atoms with E-state index in [1.54, 1.807) is 4.68 Å². The number of carbonyl (C=O) groups is 1. The molecule has 1 amide bonds. The third-order valence-electron chi connectivity index (χ3n) is 5.54. The van der Waals surface area contributed by atoms with Crippen LogP contribution in [-0.2, 0) is 17.9 Å². The number of nitrogens with zero attached hydrogens (tertiary/aromatic N) is 4. The van der Waals surface area contributed by atoms with Crippen LogP contribution in [0, 0.1) is 11.7 Å². The Morgan fingerprint density at radius 2 is 1.83 bits per heavy atom. The van der Waals surface area contributed by atoms with Crippen molar-refractivity contribution in [1.29, 1.82) is 0 Å². The lowest BCUT2D eigenvalue weighted by molar-refractivity contribution is -0.122. The molecular weight excluding hydrogens is 382 g/mol. The molecular formula is C22H27N5OS. The van der Waals surface area contributed by atoms with Gasteiger partial charge in [0.25, 0.3) is 0 Å². The van der Waals surface area contributed by atoms with Crippen LogP contribution in [0.15, 0.2) is 48.8 Å². The van der Waals surface area contributed by atoms with E-state index in [0.717, 1.165) is 24.2 Å². The molecule has 1 fully saturated rings. The lowest BCUT2D eigenvalue weighted by Gasteiger charge is -2.21. The zero-order valence-corrected chi connectivity index (χ0v) is 17.6. The van der Waals surface area contributed by atoms with Crippen LogP contribution in [0.1, 0.15) is 55.0 Å². The first-order valence-corrected chi connectivity index (χ1v) is 10.7. The van der Waals surface area contributed by atoms with Crippen molar-refractivity contribution in [2.24, 2.45) is 0 Å². The summed E-state index contributed by atoms with van der Waals surface area (Å²) in [6.07, 6.45) is 9.87. The van der Waals surface area contributed by atoms with E-state index in [4.69, 9.17) is 17.3 Å². The molecule has 4 rings (SSSR count). The van der Waals surface area contributed by atoms with Gasteiger partial charge in [0.2, 0.25) is 10.7 Å². The molecule has 29 heavy (non-hydrogen) atoms. The second-order valence-electron chi connectivity index (χ2n) is 7.77. The van der Waals surface area contributed by atoms with E-state index in [1.807, 2.05) is 58.1 Å². The Bertz CT molecular complexity index is 1010. The molecule has 7 heteroatoms. The number of nitrogens with one attached hydrogen (secondary N) is 1. The van der Waals surface area contributed by atoms with Gasteiger partial charge in [0, 0.05) is 24.9 Å². The van der Waals surface area contributed by atoms with Gasteiger partial charge in [-0.15, -0.1) is 0 Å². The summed E-state index contributed by atoms with van der Waals surface area (Å²) in [5, 5.41) is 7.76. The predicted octanol–water partition coefficient (Wildman–Crippen LogP) is 4.20. The van der Waals surface area contributed by atoms with Crippen molar-refractivity contribution in [1.82, 2.24) is 24.4 Å². The van der Waals surface area contributed by atoms with Crippen molar-refractivity contribution in [3.8, 4) is 0 Å². The zero-order valence-electron chi connectivity index (χ0n) is 16.8. The normalized spacial score (nSPS) is 14.8. The van der Waals surface area contributed by atoms with Crippen molar-refractivity contribution in [3.05, 3.63) is 70.5 Å². The molecule has 1 aliphatic rings. The molecule has 1 N–H and O–H groups in total.